The zero-order valence-corrected chi connectivity index (χ0v) is 20.7. The molecule has 0 amide bonds. The fourth-order valence-electron chi connectivity index (χ4n) is 4.18. The van der Waals surface area contributed by atoms with E-state index in [-0.39, 0.29) is 24.0 Å². The summed E-state index contributed by atoms with van der Waals surface area (Å²) in [6.07, 6.45) is 2.90. The summed E-state index contributed by atoms with van der Waals surface area (Å²) in [6.45, 7) is 6.76. The number of benzene rings is 2. The van der Waals surface area contributed by atoms with E-state index in [0.29, 0.717) is 12.5 Å². The summed E-state index contributed by atoms with van der Waals surface area (Å²) >= 11 is 0. The van der Waals surface area contributed by atoms with Crippen molar-refractivity contribution in [3.8, 4) is 5.75 Å². The highest BCUT2D eigenvalue weighted by atomic mass is 127. The van der Waals surface area contributed by atoms with Gasteiger partial charge in [0.1, 0.15) is 5.75 Å². The molecule has 0 radical (unpaired) electrons. The Labute approximate surface area is 205 Å². The Morgan fingerprint density at radius 3 is 2.84 bits per heavy atom. The predicted octanol–water partition coefficient (Wildman–Crippen LogP) is 4.14. The fraction of sp³-hybridized carbons (Fsp3) is 0.458. The molecule has 0 aliphatic carbocycles. The highest BCUT2D eigenvalue weighted by Gasteiger charge is 2.23. The minimum absolute atomic E-state index is 0. The summed E-state index contributed by atoms with van der Waals surface area (Å²) in [4.78, 5) is 6.86. The molecule has 2 aromatic rings. The summed E-state index contributed by atoms with van der Waals surface area (Å²) in [6, 6.07) is 10.5. The van der Waals surface area contributed by atoms with Crippen molar-refractivity contribution in [2.75, 3.05) is 44.2 Å². The number of nitrogens with one attached hydrogen (secondary N) is 2. The summed E-state index contributed by atoms with van der Waals surface area (Å²) < 4.78 is 32.3. The summed E-state index contributed by atoms with van der Waals surface area (Å²) in [7, 11) is 0. The molecule has 1 atom stereocenters. The van der Waals surface area contributed by atoms with Crippen molar-refractivity contribution >= 4 is 35.6 Å². The second-order valence-electron chi connectivity index (χ2n) is 8.14. The quantitative estimate of drug-likeness (QED) is 0.306. The molecule has 1 unspecified atom stereocenters. The third kappa shape index (κ3) is 6.24. The molecule has 1 saturated heterocycles. The second kappa shape index (κ2) is 11.7. The first-order chi connectivity index (χ1) is 15.1. The first-order valence-electron chi connectivity index (χ1n) is 11.1. The first-order valence-corrected chi connectivity index (χ1v) is 11.1. The molecule has 4 rings (SSSR count). The van der Waals surface area contributed by atoms with E-state index in [1.165, 1.54) is 23.3 Å². The van der Waals surface area contributed by atoms with Crippen LogP contribution >= 0.6 is 24.0 Å². The molecule has 1 fully saturated rings. The van der Waals surface area contributed by atoms with Gasteiger partial charge in [-0.2, -0.15) is 0 Å². The first kappa shape index (κ1) is 24.5. The molecule has 0 spiro atoms. The Morgan fingerprint density at radius 1 is 1.16 bits per heavy atom. The molecule has 2 aliphatic heterocycles. The van der Waals surface area contributed by atoms with E-state index >= 15 is 0 Å². The number of nitrogens with zero attached hydrogens (tertiary/aromatic N) is 2. The maximum Gasteiger partial charge on any atom is 0.191 e. The van der Waals surface area contributed by atoms with Crippen LogP contribution in [0.5, 0.6) is 5.75 Å². The maximum atomic E-state index is 13.5. The Morgan fingerprint density at radius 2 is 2.03 bits per heavy atom. The molecule has 8 heteroatoms. The van der Waals surface area contributed by atoms with Gasteiger partial charge < -0.3 is 20.3 Å². The van der Waals surface area contributed by atoms with Gasteiger partial charge in [0.25, 0.3) is 0 Å². The van der Waals surface area contributed by atoms with Gasteiger partial charge in [0.2, 0.25) is 0 Å². The van der Waals surface area contributed by atoms with Gasteiger partial charge in [-0.25, -0.2) is 8.78 Å². The lowest BCUT2D eigenvalue weighted by Crippen LogP contribution is -2.38. The molecule has 174 valence electrons. The standard InChI is InChI=1S/C24H30F2N4O.HI/c1-2-27-24(28-10-7-17-3-6-23-19(13-17)9-12-31-23)29-15-18-8-11-30(16-18)20-4-5-21(25)22(26)14-20;/h3-6,13-14,18H,2,7-12,15-16H2,1H3,(H2,27,28,29);1H. The van der Waals surface area contributed by atoms with E-state index in [1.807, 2.05) is 0 Å². The SMILES string of the molecule is CCNC(=NCC1CCN(c2ccc(F)c(F)c2)C1)NCCc1ccc2c(c1)CCO2.I. The van der Waals surface area contributed by atoms with E-state index < -0.39 is 11.6 Å². The molecule has 2 heterocycles. The van der Waals surface area contributed by atoms with Crippen LogP contribution in [-0.4, -0.2) is 45.3 Å². The lowest BCUT2D eigenvalue weighted by atomic mass is 10.1. The van der Waals surface area contributed by atoms with Gasteiger partial charge in [-0.1, -0.05) is 12.1 Å². The highest BCUT2D eigenvalue weighted by molar-refractivity contribution is 14.0. The van der Waals surface area contributed by atoms with Crippen LogP contribution < -0.4 is 20.3 Å². The average molecular weight is 556 g/mol. The van der Waals surface area contributed by atoms with E-state index in [4.69, 9.17) is 9.73 Å². The molecule has 32 heavy (non-hydrogen) atoms. The van der Waals surface area contributed by atoms with Gasteiger partial charge in [0.05, 0.1) is 6.61 Å². The van der Waals surface area contributed by atoms with Crippen molar-refractivity contribution in [1.29, 1.82) is 0 Å². The Kier molecular flexibility index (Phi) is 8.95. The molecule has 2 aromatic carbocycles. The topological polar surface area (TPSA) is 48.9 Å². The third-order valence-electron chi connectivity index (χ3n) is 5.87. The lowest BCUT2D eigenvalue weighted by Gasteiger charge is -2.18. The minimum Gasteiger partial charge on any atom is -0.493 e. The smallest absolute Gasteiger partial charge is 0.191 e. The van der Waals surface area contributed by atoms with E-state index in [2.05, 4.69) is 40.7 Å². The van der Waals surface area contributed by atoms with Gasteiger partial charge in [-0.05, 0) is 55.0 Å². The molecule has 2 aliphatic rings. The summed E-state index contributed by atoms with van der Waals surface area (Å²) in [5.74, 6) is 0.617. The number of aliphatic imine (C=N–C) groups is 1. The van der Waals surface area contributed by atoms with Crippen molar-refractivity contribution in [3.05, 3.63) is 59.2 Å². The fourth-order valence-corrected chi connectivity index (χ4v) is 4.18. The normalized spacial score (nSPS) is 17.5. The molecule has 2 N–H and O–H groups in total. The Hall–Kier alpha value is -2.10. The van der Waals surface area contributed by atoms with E-state index in [9.17, 15) is 8.78 Å². The number of hydrogen-bond acceptors (Lipinski definition) is 3. The Bertz CT molecular complexity index is 940. The van der Waals surface area contributed by atoms with Crippen molar-refractivity contribution in [1.82, 2.24) is 10.6 Å². The van der Waals surface area contributed by atoms with Crippen LogP contribution in [0.15, 0.2) is 41.4 Å². The molecule has 5 nitrogen and oxygen atoms in total. The van der Waals surface area contributed by atoms with Crippen LogP contribution in [0.25, 0.3) is 0 Å². The molecule has 0 saturated carbocycles. The number of hydrogen-bond donors (Lipinski definition) is 2. The van der Waals surface area contributed by atoms with Crippen LogP contribution in [0.1, 0.15) is 24.5 Å². The number of rotatable bonds is 7. The number of halogens is 3. The van der Waals surface area contributed by atoms with E-state index in [0.717, 1.165) is 69.4 Å². The molecule has 0 aromatic heterocycles. The van der Waals surface area contributed by atoms with Crippen molar-refractivity contribution < 1.29 is 13.5 Å². The zero-order chi connectivity index (χ0) is 21.6. The maximum absolute atomic E-state index is 13.5. The number of fused-ring (bicyclic) bond motifs is 1. The van der Waals surface area contributed by atoms with Gasteiger partial charge in [0.15, 0.2) is 17.6 Å². The lowest BCUT2D eigenvalue weighted by molar-refractivity contribution is 0.357. The van der Waals surface area contributed by atoms with Gasteiger partial charge in [0, 0.05) is 50.9 Å². The van der Waals surface area contributed by atoms with Crippen LogP contribution in [0, 0.1) is 17.6 Å². The highest BCUT2D eigenvalue weighted by Crippen LogP contribution is 2.26. The predicted molar refractivity (Wildman–Crippen MR) is 135 cm³/mol. The van der Waals surface area contributed by atoms with Gasteiger partial charge >= 0.3 is 0 Å². The molecule has 0 bridgehead atoms. The monoisotopic (exact) mass is 556 g/mol. The van der Waals surface area contributed by atoms with Crippen molar-refractivity contribution in [2.24, 2.45) is 10.9 Å². The zero-order valence-electron chi connectivity index (χ0n) is 18.4. The number of ether oxygens (including phenoxy) is 1. The van der Waals surface area contributed by atoms with Gasteiger partial charge in [-0.15, -0.1) is 24.0 Å². The Balaban J connectivity index is 0.00000289. The summed E-state index contributed by atoms with van der Waals surface area (Å²) in [5, 5.41) is 6.73. The van der Waals surface area contributed by atoms with Crippen LogP contribution in [0.2, 0.25) is 0 Å². The van der Waals surface area contributed by atoms with Crippen LogP contribution in [0.3, 0.4) is 0 Å². The second-order valence-corrected chi connectivity index (χ2v) is 8.14. The minimum atomic E-state index is -0.807. The van der Waals surface area contributed by atoms with Crippen LogP contribution in [0.4, 0.5) is 14.5 Å². The van der Waals surface area contributed by atoms with Crippen molar-refractivity contribution in [2.45, 2.75) is 26.2 Å². The number of anilines is 1. The van der Waals surface area contributed by atoms with Crippen LogP contribution in [-0.2, 0) is 12.8 Å². The summed E-state index contributed by atoms with van der Waals surface area (Å²) in [5.41, 5.74) is 3.32. The molecular formula is C24H31F2IN4O. The average Bonchev–Trinajstić information content (AvgIpc) is 3.43. The largest absolute Gasteiger partial charge is 0.493 e. The molecular weight excluding hydrogens is 525 g/mol. The van der Waals surface area contributed by atoms with Gasteiger partial charge in [-0.3, -0.25) is 4.99 Å². The number of guanidine groups is 1. The third-order valence-corrected chi connectivity index (χ3v) is 5.87. The van der Waals surface area contributed by atoms with E-state index in [1.54, 1.807) is 6.07 Å². The van der Waals surface area contributed by atoms with Crippen molar-refractivity contribution in [3.63, 3.8) is 0 Å².